The second-order valence-corrected chi connectivity index (χ2v) is 3.91. The zero-order chi connectivity index (χ0) is 9.47. The van der Waals surface area contributed by atoms with Crippen LogP contribution in [0.15, 0.2) is 24.3 Å². The first-order chi connectivity index (χ1) is 6.12. The molecule has 1 aliphatic rings. The first-order valence-corrected chi connectivity index (χ1v) is 4.50. The van der Waals surface area contributed by atoms with Crippen molar-refractivity contribution in [3.63, 3.8) is 0 Å². The zero-order valence-corrected chi connectivity index (χ0v) is 7.95. The Bertz CT molecular complexity index is 298. The summed E-state index contributed by atoms with van der Waals surface area (Å²) in [5.74, 6) is 0. The average Bonchev–Trinajstić information content (AvgIpc) is 2.85. The van der Waals surface area contributed by atoms with Gasteiger partial charge in [0.15, 0.2) is 0 Å². The van der Waals surface area contributed by atoms with Crippen LogP contribution in [0, 0.1) is 6.92 Å². The summed E-state index contributed by atoms with van der Waals surface area (Å²) in [5.41, 5.74) is 1.80. The van der Waals surface area contributed by atoms with Crippen LogP contribution in [0.2, 0.25) is 0 Å². The molecule has 0 aromatic heterocycles. The SMILES string of the molecule is Cc1ccc(C(O)[C@]2(C)CO2)cc1. The Morgan fingerprint density at radius 2 is 1.92 bits per heavy atom. The molecule has 0 radical (unpaired) electrons. The lowest BCUT2D eigenvalue weighted by Gasteiger charge is -2.14. The Hall–Kier alpha value is -0.860. The summed E-state index contributed by atoms with van der Waals surface area (Å²) in [6.07, 6.45) is -0.493. The Labute approximate surface area is 78.2 Å². The van der Waals surface area contributed by atoms with Crippen LogP contribution in [-0.4, -0.2) is 17.3 Å². The van der Waals surface area contributed by atoms with Gasteiger partial charge in [-0.3, -0.25) is 0 Å². The van der Waals surface area contributed by atoms with Gasteiger partial charge < -0.3 is 9.84 Å². The van der Waals surface area contributed by atoms with Crippen molar-refractivity contribution in [3.05, 3.63) is 35.4 Å². The van der Waals surface area contributed by atoms with Crippen molar-refractivity contribution in [3.8, 4) is 0 Å². The van der Waals surface area contributed by atoms with Crippen LogP contribution in [0.1, 0.15) is 24.2 Å². The average molecular weight is 178 g/mol. The van der Waals surface area contributed by atoms with Gasteiger partial charge >= 0.3 is 0 Å². The summed E-state index contributed by atoms with van der Waals surface area (Å²) in [4.78, 5) is 0. The van der Waals surface area contributed by atoms with E-state index in [9.17, 15) is 5.11 Å². The van der Waals surface area contributed by atoms with E-state index in [2.05, 4.69) is 0 Å². The smallest absolute Gasteiger partial charge is 0.119 e. The lowest BCUT2D eigenvalue weighted by atomic mass is 9.97. The monoisotopic (exact) mass is 178 g/mol. The van der Waals surface area contributed by atoms with Gasteiger partial charge in [0.25, 0.3) is 0 Å². The van der Waals surface area contributed by atoms with Gasteiger partial charge in [0.2, 0.25) is 0 Å². The van der Waals surface area contributed by atoms with E-state index in [1.807, 2.05) is 38.1 Å². The van der Waals surface area contributed by atoms with Crippen molar-refractivity contribution in [2.24, 2.45) is 0 Å². The molecule has 0 saturated carbocycles. The molecular weight excluding hydrogens is 164 g/mol. The second-order valence-electron chi connectivity index (χ2n) is 3.91. The van der Waals surface area contributed by atoms with Gasteiger partial charge in [-0.15, -0.1) is 0 Å². The van der Waals surface area contributed by atoms with E-state index in [0.29, 0.717) is 6.61 Å². The van der Waals surface area contributed by atoms with E-state index in [0.717, 1.165) is 5.56 Å². The van der Waals surface area contributed by atoms with Crippen molar-refractivity contribution in [1.29, 1.82) is 0 Å². The van der Waals surface area contributed by atoms with Crippen molar-refractivity contribution in [1.82, 2.24) is 0 Å². The van der Waals surface area contributed by atoms with Crippen molar-refractivity contribution in [2.45, 2.75) is 25.6 Å². The molecule has 1 aliphatic heterocycles. The highest BCUT2D eigenvalue weighted by atomic mass is 16.6. The number of hydrogen-bond acceptors (Lipinski definition) is 2. The molecule has 2 rings (SSSR count). The highest BCUT2D eigenvalue weighted by Crippen LogP contribution is 2.39. The molecule has 0 spiro atoms. The Balaban J connectivity index is 2.20. The van der Waals surface area contributed by atoms with Crippen molar-refractivity contribution in [2.75, 3.05) is 6.61 Å². The Morgan fingerprint density at radius 3 is 2.38 bits per heavy atom. The maximum absolute atomic E-state index is 9.89. The van der Waals surface area contributed by atoms with E-state index < -0.39 is 6.10 Å². The molecule has 1 N–H and O–H groups in total. The third-order valence-corrected chi connectivity index (χ3v) is 2.57. The molecule has 2 heteroatoms. The quantitative estimate of drug-likeness (QED) is 0.701. The molecule has 70 valence electrons. The van der Waals surface area contributed by atoms with E-state index in [-0.39, 0.29) is 5.60 Å². The molecule has 1 unspecified atom stereocenters. The van der Waals surface area contributed by atoms with Crippen LogP contribution < -0.4 is 0 Å². The van der Waals surface area contributed by atoms with E-state index in [1.165, 1.54) is 5.56 Å². The number of aliphatic hydroxyl groups excluding tert-OH is 1. The summed E-state index contributed by atoms with van der Waals surface area (Å²) in [6, 6.07) is 7.91. The first-order valence-electron chi connectivity index (χ1n) is 4.50. The van der Waals surface area contributed by atoms with Crippen molar-refractivity contribution < 1.29 is 9.84 Å². The number of ether oxygens (including phenoxy) is 1. The first kappa shape index (κ1) is 8.73. The molecule has 1 aromatic rings. The maximum Gasteiger partial charge on any atom is 0.119 e. The number of benzene rings is 1. The molecule has 1 saturated heterocycles. The summed E-state index contributed by atoms with van der Waals surface area (Å²) in [5, 5.41) is 9.89. The molecule has 0 amide bonds. The molecule has 1 heterocycles. The van der Waals surface area contributed by atoms with Crippen LogP contribution in [0.3, 0.4) is 0 Å². The maximum atomic E-state index is 9.89. The number of rotatable bonds is 2. The van der Waals surface area contributed by atoms with Crippen LogP contribution in [0.5, 0.6) is 0 Å². The van der Waals surface area contributed by atoms with Crippen molar-refractivity contribution >= 4 is 0 Å². The fourth-order valence-corrected chi connectivity index (χ4v) is 1.37. The fraction of sp³-hybridized carbons (Fsp3) is 0.455. The molecule has 2 nitrogen and oxygen atoms in total. The summed E-state index contributed by atoms with van der Waals surface area (Å²) >= 11 is 0. The Morgan fingerprint density at radius 1 is 1.38 bits per heavy atom. The van der Waals surface area contributed by atoms with Gasteiger partial charge in [-0.2, -0.15) is 0 Å². The normalized spacial score (nSPS) is 28.5. The third-order valence-electron chi connectivity index (χ3n) is 2.57. The predicted octanol–water partition coefficient (Wildman–Crippen LogP) is 1.82. The predicted molar refractivity (Wildman–Crippen MR) is 50.5 cm³/mol. The van der Waals surface area contributed by atoms with Gasteiger partial charge in [0.1, 0.15) is 11.7 Å². The lowest BCUT2D eigenvalue weighted by molar-refractivity contribution is 0.0849. The Kier molecular flexibility index (Phi) is 1.90. The highest BCUT2D eigenvalue weighted by molar-refractivity contribution is 5.26. The second kappa shape index (κ2) is 2.82. The number of aliphatic hydroxyl groups is 1. The third kappa shape index (κ3) is 1.60. The summed E-state index contributed by atoms with van der Waals surface area (Å²) in [7, 11) is 0. The topological polar surface area (TPSA) is 32.8 Å². The molecule has 1 aromatic carbocycles. The van der Waals surface area contributed by atoms with Crippen LogP contribution in [-0.2, 0) is 4.74 Å². The molecule has 0 bridgehead atoms. The standard InChI is InChI=1S/C11H14O2/c1-8-3-5-9(6-4-8)10(12)11(2)7-13-11/h3-6,10,12H,7H2,1-2H3/t10?,11-/m0/s1. The molecule has 1 fully saturated rings. The molecule has 13 heavy (non-hydrogen) atoms. The van der Waals surface area contributed by atoms with Gasteiger partial charge in [0, 0.05) is 0 Å². The molecular formula is C11H14O2. The van der Waals surface area contributed by atoms with Crippen LogP contribution >= 0.6 is 0 Å². The minimum absolute atomic E-state index is 0.338. The lowest BCUT2D eigenvalue weighted by Crippen LogP contribution is -2.17. The highest BCUT2D eigenvalue weighted by Gasteiger charge is 2.46. The number of aryl methyl sites for hydroxylation is 1. The van der Waals surface area contributed by atoms with Gasteiger partial charge in [-0.05, 0) is 19.4 Å². The number of hydrogen-bond donors (Lipinski definition) is 1. The largest absolute Gasteiger partial charge is 0.385 e. The number of epoxide rings is 1. The van der Waals surface area contributed by atoms with Crippen LogP contribution in [0.4, 0.5) is 0 Å². The molecule has 2 atom stereocenters. The minimum atomic E-state index is -0.493. The van der Waals surface area contributed by atoms with E-state index in [1.54, 1.807) is 0 Å². The van der Waals surface area contributed by atoms with Gasteiger partial charge in [-0.25, -0.2) is 0 Å². The van der Waals surface area contributed by atoms with Crippen LogP contribution in [0.25, 0.3) is 0 Å². The summed E-state index contributed by atoms with van der Waals surface area (Å²) in [6.45, 7) is 4.62. The summed E-state index contributed by atoms with van der Waals surface area (Å²) < 4.78 is 5.19. The van der Waals surface area contributed by atoms with Gasteiger partial charge in [0.05, 0.1) is 6.61 Å². The molecule has 0 aliphatic carbocycles. The van der Waals surface area contributed by atoms with E-state index >= 15 is 0 Å². The van der Waals surface area contributed by atoms with E-state index in [4.69, 9.17) is 4.74 Å². The van der Waals surface area contributed by atoms with Gasteiger partial charge in [-0.1, -0.05) is 29.8 Å². The minimum Gasteiger partial charge on any atom is -0.385 e. The fourth-order valence-electron chi connectivity index (χ4n) is 1.37. The zero-order valence-electron chi connectivity index (χ0n) is 7.95.